The van der Waals surface area contributed by atoms with Gasteiger partial charge in [0.2, 0.25) is 5.91 Å². The van der Waals surface area contributed by atoms with Crippen LogP contribution >= 0.6 is 22.9 Å². The summed E-state index contributed by atoms with van der Waals surface area (Å²) >= 11 is 7.88. The lowest BCUT2D eigenvalue weighted by Gasteiger charge is -2.38. The number of hydrogen-bond acceptors (Lipinski definition) is 10. The fraction of sp³-hybridized carbons (Fsp3) is 0.389. The number of aliphatic carboxylic acids is 1. The van der Waals surface area contributed by atoms with Gasteiger partial charge in [0.05, 0.1) is 18.7 Å². The molecule has 3 aliphatic rings. The molecule has 2 saturated heterocycles. The zero-order valence-electron chi connectivity index (χ0n) is 28.7. The zero-order chi connectivity index (χ0) is 36.9. The summed E-state index contributed by atoms with van der Waals surface area (Å²) in [5, 5.41) is 17.8. The lowest BCUT2D eigenvalue weighted by Crippen LogP contribution is -2.53. The van der Waals surface area contributed by atoms with Gasteiger partial charge in [-0.3, -0.25) is 19.6 Å². The molecule has 0 radical (unpaired) electrons. The molecule has 2 fully saturated rings. The first kappa shape index (κ1) is 36.9. The van der Waals surface area contributed by atoms with E-state index in [0.29, 0.717) is 74.1 Å². The number of nitrogens with one attached hydrogen (secondary N) is 2. The van der Waals surface area contributed by atoms with Crippen LogP contribution < -0.4 is 15.5 Å². The average Bonchev–Trinajstić information content (AvgIpc) is 3.79. The molecule has 0 saturated carbocycles. The molecule has 6 rings (SSSR count). The van der Waals surface area contributed by atoms with Crippen LogP contribution in [0, 0.1) is 5.82 Å². The highest BCUT2D eigenvalue weighted by Crippen LogP contribution is 2.37. The van der Waals surface area contributed by atoms with Crippen molar-refractivity contribution in [2.24, 2.45) is 4.99 Å². The van der Waals surface area contributed by atoms with E-state index < -0.39 is 29.8 Å². The SMILES string of the molecule is CCC[C@H](NC(=O)CCc1ccc(N2C[C@@H]3CN(CC4=C(C(=O)OC)[C@H](c5ccc(F)cc5Cl)N=C(c5nccs5)N4)CCN3C2=O)cc1)C(=O)O. The summed E-state index contributed by atoms with van der Waals surface area (Å²) in [4.78, 5) is 65.6. The third-order valence-corrected chi connectivity index (χ3v) is 10.4. The fourth-order valence-corrected chi connectivity index (χ4v) is 7.59. The van der Waals surface area contributed by atoms with E-state index in [2.05, 4.69) is 20.5 Å². The van der Waals surface area contributed by atoms with Crippen LogP contribution in [0.25, 0.3) is 0 Å². The third-order valence-electron chi connectivity index (χ3n) is 9.34. The Hall–Kier alpha value is -4.86. The largest absolute Gasteiger partial charge is 0.480 e. The van der Waals surface area contributed by atoms with Crippen LogP contribution in [0.1, 0.15) is 48.4 Å². The number of aryl methyl sites for hydroxylation is 1. The van der Waals surface area contributed by atoms with Gasteiger partial charge in [0, 0.05) is 72.7 Å². The van der Waals surface area contributed by atoms with Gasteiger partial charge in [-0.25, -0.2) is 23.8 Å². The standard InChI is InChI=1S/C36H39ClFN7O6S/c1-3-4-27(34(47)48)40-29(46)12-7-21-5-9-23(10-6-21)45-19-24-18-43(14-15-44(24)36(45)50)20-28-30(35(49)51-2)31(25-11-8-22(38)17-26(25)37)42-32(41-28)33-39-13-16-52-33/h5-6,8-11,13,16-17,24,27,31H,3-4,7,12,14-15,18-20H2,1-2H3,(H,40,46)(H,41,42)(H,47,48)/t24-,27-,31-/m0/s1. The van der Waals surface area contributed by atoms with Crippen LogP contribution in [0.5, 0.6) is 0 Å². The number of nitrogens with zero attached hydrogens (tertiary/aromatic N) is 5. The molecule has 4 heterocycles. The maximum Gasteiger partial charge on any atom is 0.338 e. The van der Waals surface area contributed by atoms with E-state index in [-0.39, 0.29) is 35.0 Å². The van der Waals surface area contributed by atoms with E-state index in [1.54, 1.807) is 11.1 Å². The summed E-state index contributed by atoms with van der Waals surface area (Å²) in [6.07, 6.45) is 3.26. The van der Waals surface area contributed by atoms with Gasteiger partial charge in [0.1, 0.15) is 17.9 Å². The number of aromatic nitrogens is 1. The van der Waals surface area contributed by atoms with Gasteiger partial charge in [0.25, 0.3) is 0 Å². The number of benzene rings is 2. The second-order valence-corrected chi connectivity index (χ2v) is 14.1. The van der Waals surface area contributed by atoms with Crippen molar-refractivity contribution >= 4 is 58.3 Å². The van der Waals surface area contributed by atoms with Crippen LogP contribution in [0.4, 0.5) is 14.9 Å². The number of rotatable bonds is 13. The summed E-state index contributed by atoms with van der Waals surface area (Å²) in [5.74, 6) is -2.02. The number of aliphatic imine (C=N–C) groups is 1. The summed E-state index contributed by atoms with van der Waals surface area (Å²) in [5.41, 5.74) is 2.89. The third kappa shape index (κ3) is 8.11. The molecule has 13 nitrogen and oxygen atoms in total. The summed E-state index contributed by atoms with van der Waals surface area (Å²) in [6.45, 7) is 4.20. The number of amides is 3. The number of carboxylic acids is 1. The molecule has 0 unspecified atom stereocenters. The molecule has 3 aliphatic heterocycles. The molecule has 0 bridgehead atoms. The van der Waals surface area contributed by atoms with Gasteiger partial charge in [-0.1, -0.05) is 43.1 Å². The number of fused-ring (bicyclic) bond motifs is 1. The Balaban J connectivity index is 1.15. The van der Waals surface area contributed by atoms with Crippen molar-refractivity contribution in [3.05, 3.63) is 92.3 Å². The monoisotopic (exact) mass is 751 g/mol. The van der Waals surface area contributed by atoms with E-state index >= 15 is 0 Å². The van der Waals surface area contributed by atoms with Gasteiger partial charge < -0.3 is 25.4 Å². The normalized spacial score (nSPS) is 19.5. The first-order valence-corrected chi connectivity index (χ1v) is 18.2. The number of carboxylic acid groups (broad SMARTS) is 1. The van der Waals surface area contributed by atoms with E-state index in [9.17, 15) is 28.7 Å². The summed E-state index contributed by atoms with van der Waals surface area (Å²) < 4.78 is 19.2. The quantitative estimate of drug-likeness (QED) is 0.216. The highest BCUT2D eigenvalue weighted by atomic mass is 35.5. The molecule has 3 atom stereocenters. The number of urea groups is 1. The molecule has 3 amide bonds. The average molecular weight is 752 g/mol. The summed E-state index contributed by atoms with van der Waals surface area (Å²) in [6, 6.07) is 9.47. The van der Waals surface area contributed by atoms with E-state index in [4.69, 9.17) is 21.3 Å². The molecule has 52 heavy (non-hydrogen) atoms. The molecule has 16 heteroatoms. The smallest absolute Gasteiger partial charge is 0.338 e. The molecular formula is C36H39ClFN7O6S. The maximum atomic E-state index is 14.0. The molecule has 2 aromatic carbocycles. The second-order valence-electron chi connectivity index (χ2n) is 12.8. The number of piperazine rings is 1. The van der Waals surface area contributed by atoms with Gasteiger partial charge >= 0.3 is 18.0 Å². The zero-order valence-corrected chi connectivity index (χ0v) is 30.3. The topological polar surface area (TPSA) is 157 Å². The lowest BCUT2D eigenvalue weighted by molar-refractivity contribution is -0.142. The highest BCUT2D eigenvalue weighted by molar-refractivity contribution is 7.11. The Morgan fingerprint density at radius 1 is 1.17 bits per heavy atom. The lowest BCUT2D eigenvalue weighted by atomic mass is 9.95. The number of ether oxygens (including phenoxy) is 1. The van der Waals surface area contributed by atoms with Crippen LogP contribution in [-0.2, 0) is 25.5 Å². The molecule has 3 N–H and O–H groups in total. The Bertz CT molecular complexity index is 1890. The predicted molar refractivity (Wildman–Crippen MR) is 194 cm³/mol. The van der Waals surface area contributed by atoms with E-state index in [1.165, 1.54) is 36.6 Å². The second kappa shape index (κ2) is 16.2. The van der Waals surface area contributed by atoms with Gasteiger partial charge in [-0.2, -0.15) is 0 Å². The number of esters is 1. The van der Waals surface area contributed by atoms with Crippen LogP contribution in [0.2, 0.25) is 5.02 Å². The molecular weight excluding hydrogens is 713 g/mol. The minimum absolute atomic E-state index is 0.0955. The van der Waals surface area contributed by atoms with Crippen molar-refractivity contribution in [1.29, 1.82) is 0 Å². The first-order chi connectivity index (χ1) is 25.1. The van der Waals surface area contributed by atoms with E-state index in [1.807, 2.05) is 41.5 Å². The number of thiazole rings is 1. The van der Waals surface area contributed by atoms with Crippen molar-refractivity contribution in [1.82, 2.24) is 25.4 Å². The summed E-state index contributed by atoms with van der Waals surface area (Å²) in [7, 11) is 1.29. The Morgan fingerprint density at radius 3 is 2.63 bits per heavy atom. The Labute approximate surface area is 309 Å². The number of carbonyl (C=O) groups excluding carboxylic acids is 3. The van der Waals surface area contributed by atoms with Crippen molar-refractivity contribution in [2.75, 3.05) is 44.7 Å². The van der Waals surface area contributed by atoms with Gasteiger partial charge in [-0.05, 0) is 42.7 Å². The molecule has 0 spiro atoms. The van der Waals surface area contributed by atoms with Crippen molar-refractivity contribution in [3.63, 3.8) is 0 Å². The van der Waals surface area contributed by atoms with Gasteiger partial charge in [-0.15, -0.1) is 11.3 Å². The van der Waals surface area contributed by atoms with Crippen molar-refractivity contribution in [2.45, 2.75) is 50.7 Å². The Morgan fingerprint density at radius 2 is 1.96 bits per heavy atom. The first-order valence-electron chi connectivity index (χ1n) is 17.0. The van der Waals surface area contributed by atoms with E-state index in [0.717, 1.165) is 11.3 Å². The van der Waals surface area contributed by atoms with Gasteiger partial charge in [0.15, 0.2) is 10.8 Å². The van der Waals surface area contributed by atoms with Crippen LogP contribution in [0.15, 0.2) is 70.3 Å². The fourth-order valence-electron chi connectivity index (χ4n) is 6.74. The minimum atomic E-state index is -1.04. The van der Waals surface area contributed by atoms with Crippen molar-refractivity contribution < 1.29 is 33.4 Å². The number of halogens is 2. The molecule has 1 aromatic heterocycles. The molecule has 3 aromatic rings. The van der Waals surface area contributed by atoms with Crippen molar-refractivity contribution in [3.8, 4) is 0 Å². The molecule has 274 valence electrons. The Kier molecular flexibility index (Phi) is 11.5. The number of amidine groups is 1. The predicted octanol–water partition coefficient (Wildman–Crippen LogP) is 4.38. The number of hydrogen-bond donors (Lipinski definition) is 3. The van der Waals surface area contributed by atoms with Crippen LogP contribution in [-0.4, -0.2) is 102 Å². The number of anilines is 1. The highest BCUT2D eigenvalue weighted by Gasteiger charge is 2.42. The minimum Gasteiger partial charge on any atom is -0.480 e. The number of carbonyl (C=O) groups is 4. The number of methoxy groups -OCH3 is 1. The molecule has 0 aliphatic carbocycles. The maximum absolute atomic E-state index is 14.0. The van der Waals surface area contributed by atoms with Crippen LogP contribution in [0.3, 0.4) is 0 Å².